The maximum absolute atomic E-state index is 14.0. The zero-order chi connectivity index (χ0) is 23.1. The van der Waals surface area contributed by atoms with Gasteiger partial charge in [0.25, 0.3) is 5.56 Å². The summed E-state index contributed by atoms with van der Waals surface area (Å²) in [6.45, 7) is 3.88. The number of halogens is 1. The summed E-state index contributed by atoms with van der Waals surface area (Å²) < 4.78 is 15.5. The van der Waals surface area contributed by atoms with Gasteiger partial charge in [-0.15, -0.1) is 0 Å². The van der Waals surface area contributed by atoms with E-state index in [2.05, 4.69) is 25.3 Å². The molecule has 5 rings (SSSR count). The third kappa shape index (κ3) is 3.55. The van der Waals surface area contributed by atoms with Crippen molar-refractivity contribution in [2.24, 2.45) is 0 Å². The Labute approximate surface area is 187 Å². The zero-order valence-electron chi connectivity index (χ0n) is 18.0. The number of benzene rings is 2. The molecule has 0 radical (unpaired) electrons. The highest BCUT2D eigenvalue weighted by Crippen LogP contribution is 2.27. The second kappa shape index (κ2) is 7.97. The summed E-state index contributed by atoms with van der Waals surface area (Å²) in [7, 11) is 0. The fourth-order valence-corrected chi connectivity index (χ4v) is 3.92. The van der Waals surface area contributed by atoms with Crippen molar-refractivity contribution in [2.45, 2.75) is 26.3 Å². The number of hydrogen-bond acceptors (Lipinski definition) is 7. The highest BCUT2D eigenvalue weighted by atomic mass is 19.1. The molecule has 33 heavy (non-hydrogen) atoms. The molecule has 0 saturated heterocycles. The van der Waals surface area contributed by atoms with Crippen molar-refractivity contribution in [1.82, 2.24) is 29.5 Å². The van der Waals surface area contributed by atoms with Gasteiger partial charge in [-0.05, 0) is 43.2 Å². The van der Waals surface area contributed by atoms with Crippen LogP contribution in [0.2, 0.25) is 0 Å². The van der Waals surface area contributed by atoms with E-state index in [1.807, 2.05) is 38.1 Å². The van der Waals surface area contributed by atoms with Gasteiger partial charge in [0.05, 0.1) is 29.0 Å². The first-order chi connectivity index (χ1) is 16.0. The van der Waals surface area contributed by atoms with Crippen LogP contribution in [0.3, 0.4) is 0 Å². The average molecular weight is 444 g/mol. The highest BCUT2D eigenvalue weighted by molar-refractivity contribution is 5.84. The fourth-order valence-electron chi connectivity index (χ4n) is 3.92. The summed E-state index contributed by atoms with van der Waals surface area (Å²) in [5.74, 6) is 0.506. The Balaban J connectivity index is 1.75. The summed E-state index contributed by atoms with van der Waals surface area (Å²) in [5, 5.41) is 3.56. The minimum absolute atomic E-state index is 0.0743. The predicted octanol–water partition coefficient (Wildman–Crippen LogP) is 3.64. The quantitative estimate of drug-likeness (QED) is 0.378. The van der Waals surface area contributed by atoms with Crippen LogP contribution >= 0.6 is 0 Å². The number of nitrogen functional groups attached to an aromatic ring is 1. The molecule has 0 bridgehead atoms. The average Bonchev–Trinajstić information content (AvgIpc) is 3.27. The van der Waals surface area contributed by atoms with Crippen LogP contribution in [0, 0.1) is 12.7 Å². The van der Waals surface area contributed by atoms with Crippen LogP contribution in [-0.2, 0) is 0 Å². The van der Waals surface area contributed by atoms with Gasteiger partial charge in [0.15, 0.2) is 11.5 Å². The molecule has 0 amide bonds. The van der Waals surface area contributed by atoms with Crippen molar-refractivity contribution in [2.75, 3.05) is 11.1 Å². The Kier molecular flexibility index (Phi) is 4.97. The van der Waals surface area contributed by atoms with E-state index in [1.165, 1.54) is 29.1 Å². The van der Waals surface area contributed by atoms with Crippen LogP contribution < -0.4 is 16.6 Å². The van der Waals surface area contributed by atoms with Gasteiger partial charge in [0.1, 0.15) is 17.2 Å². The van der Waals surface area contributed by atoms with Crippen molar-refractivity contribution >= 4 is 33.8 Å². The van der Waals surface area contributed by atoms with Crippen molar-refractivity contribution in [3.63, 3.8) is 0 Å². The van der Waals surface area contributed by atoms with E-state index < -0.39 is 11.9 Å². The molecule has 0 aliphatic heterocycles. The van der Waals surface area contributed by atoms with Gasteiger partial charge in [-0.25, -0.2) is 14.4 Å². The van der Waals surface area contributed by atoms with Gasteiger partial charge in [0.2, 0.25) is 5.95 Å². The van der Waals surface area contributed by atoms with Crippen LogP contribution in [0.25, 0.3) is 27.8 Å². The summed E-state index contributed by atoms with van der Waals surface area (Å²) in [6, 6.07) is 11.1. The highest BCUT2D eigenvalue weighted by Gasteiger charge is 2.23. The van der Waals surface area contributed by atoms with E-state index in [4.69, 9.17) is 10.7 Å². The molecule has 3 heterocycles. The van der Waals surface area contributed by atoms with E-state index in [9.17, 15) is 9.18 Å². The van der Waals surface area contributed by atoms with E-state index >= 15 is 0 Å². The first-order valence-corrected chi connectivity index (χ1v) is 10.5. The Bertz CT molecular complexity index is 1560. The van der Waals surface area contributed by atoms with E-state index in [0.29, 0.717) is 40.4 Å². The molecular formula is C23H21FN8O. The molecule has 166 valence electrons. The number of aryl methyl sites for hydroxylation is 1. The Hall–Kier alpha value is -4.34. The summed E-state index contributed by atoms with van der Waals surface area (Å²) >= 11 is 0. The lowest BCUT2D eigenvalue weighted by Gasteiger charge is -2.23. The Morgan fingerprint density at radius 3 is 2.79 bits per heavy atom. The molecule has 0 saturated carbocycles. The third-order valence-electron chi connectivity index (χ3n) is 5.55. The molecule has 10 heteroatoms. The first kappa shape index (κ1) is 20.6. The molecule has 4 N–H and O–H groups in total. The number of para-hydroxylation sites is 1. The number of aromatic amines is 1. The number of aromatic nitrogens is 6. The number of nitrogens with zero attached hydrogens (tertiary/aromatic N) is 5. The van der Waals surface area contributed by atoms with Crippen LogP contribution in [0.5, 0.6) is 0 Å². The van der Waals surface area contributed by atoms with E-state index in [-0.39, 0.29) is 16.9 Å². The van der Waals surface area contributed by atoms with Gasteiger partial charge < -0.3 is 16.0 Å². The Morgan fingerprint density at radius 2 is 2.00 bits per heavy atom. The maximum Gasteiger partial charge on any atom is 0.266 e. The normalized spacial score (nSPS) is 12.3. The van der Waals surface area contributed by atoms with Gasteiger partial charge in [0, 0.05) is 0 Å². The third-order valence-corrected chi connectivity index (χ3v) is 5.55. The molecule has 9 nitrogen and oxygen atoms in total. The summed E-state index contributed by atoms with van der Waals surface area (Å²) in [6.07, 6.45) is 2.08. The topological polar surface area (TPSA) is 127 Å². The van der Waals surface area contributed by atoms with Crippen molar-refractivity contribution in [3.8, 4) is 5.69 Å². The number of H-pyrrole nitrogens is 1. The van der Waals surface area contributed by atoms with Crippen LogP contribution in [0.4, 0.5) is 16.2 Å². The molecule has 3 aromatic heterocycles. The molecule has 1 atom stereocenters. The molecule has 0 aliphatic rings. The van der Waals surface area contributed by atoms with Crippen LogP contribution in [0.1, 0.15) is 30.8 Å². The molecule has 2 aromatic carbocycles. The number of nitrogens with two attached hydrogens (primary N) is 1. The second-order valence-corrected chi connectivity index (χ2v) is 7.70. The van der Waals surface area contributed by atoms with E-state index in [0.717, 1.165) is 5.56 Å². The minimum atomic E-state index is -0.492. The van der Waals surface area contributed by atoms with Crippen LogP contribution in [0.15, 0.2) is 53.6 Å². The van der Waals surface area contributed by atoms with E-state index in [1.54, 1.807) is 0 Å². The monoisotopic (exact) mass is 444 g/mol. The van der Waals surface area contributed by atoms with Gasteiger partial charge in [-0.2, -0.15) is 9.97 Å². The summed E-state index contributed by atoms with van der Waals surface area (Å²) in [5.41, 5.74) is 8.51. The van der Waals surface area contributed by atoms with Crippen molar-refractivity contribution in [1.29, 1.82) is 0 Å². The smallest absolute Gasteiger partial charge is 0.266 e. The fraction of sp³-hybridized carbons (Fsp3) is 0.174. The maximum atomic E-state index is 14.0. The molecule has 5 aromatic rings. The number of hydrogen-bond donors (Lipinski definition) is 3. The largest absolute Gasteiger partial charge is 0.368 e. The second-order valence-electron chi connectivity index (χ2n) is 7.70. The number of nitrogens with one attached hydrogen (secondary N) is 2. The lowest BCUT2D eigenvalue weighted by molar-refractivity contribution is 0.628. The Morgan fingerprint density at radius 1 is 1.18 bits per heavy atom. The SMILES string of the molecule is CC[C@H](Nc1nc(N)nc2nc[nH]c12)c1nc2ccc(F)cc2c(=O)n1-c1ccccc1C. The number of fused-ring (bicyclic) bond motifs is 2. The lowest BCUT2D eigenvalue weighted by Crippen LogP contribution is -2.29. The zero-order valence-corrected chi connectivity index (χ0v) is 18.0. The molecule has 0 fully saturated rings. The first-order valence-electron chi connectivity index (χ1n) is 10.5. The van der Waals surface area contributed by atoms with Crippen molar-refractivity contribution < 1.29 is 4.39 Å². The number of imidazole rings is 1. The number of anilines is 2. The molecular weight excluding hydrogens is 423 g/mol. The number of rotatable bonds is 5. The van der Waals surface area contributed by atoms with Gasteiger partial charge in [-0.1, -0.05) is 25.1 Å². The van der Waals surface area contributed by atoms with Crippen LogP contribution in [-0.4, -0.2) is 29.5 Å². The van der Waals surface area contributed by atoms with Crippen molar-refractivity contribution in [3.05, 3.63) is 76.4 Å². The summed E-state index contributed by atoms with van der Waals surface area (Å²) in [4.78, 5) is 34.0. The standard InChI is InChI=1S/C23H21FN8O/c1-3-15(28-20-18-19(27-11-26-18)30-23(25)31-20)21-29-16-9-8-13(24)10-14(16)22(33)32(21)17-7-5-4-6-12(17)2/h4-11,15H,3H2,1-2H3,(H4,25,26,27,28,30,31)/t15-/m0/s1. The minimum Gasteiger partial charge on any atom is -0.368 e. The molecule has 0 unspecified atom stereocenters. The van der Waals surface area contributed by atoms with Gasteiger partial charge in [-0.3, -0.25) is 9.36 Å². The van der Waals surface area contributed by atoms with Gasteiger partial charge >= 0.3 is 0 Å². The predicted molar refractivity (Wildman–Crippen MR) is 125 cm³/mol. The molecule has 0 spiro atoms. The molecule has 0 aliphatic carbocycles. The lowest BCUT2D eigenvalue weighted by atomic mass is 10.1.